The molecule has 1 N–H and O–H groups in total. The molecule has 28 heavy (non-hydrogen) atoms. The number of nitrogens with zero attached hydrogens (tertiary/aromatic N) is 2. The minimum absolute atomic E-state index is 0. The van der Waals surface area contributed by atoms with Crippen molar-refractivity contribution in [3.63, 3.8) is 0 Å². The first-order valence-electron chi connectivity index (χ1n) is 9.76. The molecule has 2 aliphatic heterocycles. The molecule has 2 heterocycles. The second-order valence-electron chi connectivity index (χ2n) is 7.91. The predicted molar refractivity (Wildman–Crippen MR) is 108 cm³/mol. The van der Waals surface area contributed by atoms with Gasteiger partial charge in [0, 0.05) is 32.7 Å². The molecule has 1 aliphatic carbocycles. The highest BCUT2D eigenvalue weighted by atomic mass is 35.5. The molecule has 5 nitrogen and oxygen atoms in total. The first kappa shape index (κ1) is 21.3. The molecule has 1 saturated carbocycles. The van der Waals surface area contributed by atoms with Gasteiger partial charge in [0.05, 0.1) is 16.0 Å². The number of benzene rings is 1. The number of carbonyl (C=O) groups excluding carboxylic acids is 2. The Kier molecular flexibility index (Phi) is 6.52. The third-order valence-electron chi connectivity index (χ3n) is 6.49. The highest BCUT2D eigenvalue weighted by Gasteiger charge is 2.51. The Morgan fingerprint density at radius 3 is 2.57 bits per heavy atom. The van der Waals surface area contributed by atoms with E-state index in [1.165, 1.54) is 24.6 Å². The van der Waals surface area contributed by atoms with Crippen LogP contribution in [-0.2, 0) is 4.79 Å². The van der Waals surface area contributed by atoms with E-state index in [1.54, 1.807) is 4.90 Å². The van der Waals surface area contributed by atoms with Crippen molar-refractivity contribution in [2.75, 3.05) is 39.3 Å². The Bertz CT molecular complexity index is 735. The maximum atomic E-state index is 14.0. The highest BCUT2D eigenvalue weighted by Crippen LogP contribution is 2.45. The van der Waals surface area contributed by atoms with Gasteiger partial charge in [0.1, 0.15) is 5.82 Å². The molecule has 1 aromatic carbocycles. The van der Waals surface area contributed by atoms with Gasteiger partial charge in [-0.3, -0.25) is 9.59 Å². The SMILES string of the molecule is Cl.O=C(c1c(F)cccc1Cl)N1CCN(C(=O)[C@@]23CCCC[C@H]2CNC3)CC1. The van der Waals surface area contributed by atoms with Gasteiger partial charge >= 0.3 is 0 Å². The summed E-state index contributed by atoms with van der Waals surface area (Å²) in [6.07, 6.45) is 4.37. The summed E-state index contributed by atoms with van der Waals surface area (Å²) in [5, 5.41) is 3.54. The molecule has 0 radical (unpaired) electrons. The van der Waals surface area contributed by atoms with E-state index in [-0.39, 0.29) is 34.3 Å². The van der Waals surface area contributed by atoms with E-state index in [0.29, 0.717) is 32.1 Å². The summed E-state index contributed by atoms with van der Waals surface area (Å²) in [6, 6.07) is 4.25. The standard InChI is InChI=1S/C20H25ClFN3O2.ClH/c21-15-5-3-6-16(22)17(15)18(26)24-8-10-25(11-9-24)19(27)20-7-2-1-4-14(20)12-23-13-20;/h3,5-6,14,23H,1-2,4,7-13H2;1H/t14-,20+;/m0./s1. The molecule has 2 amide bonds. The number of piperazine rings is 1. The fourth-order valence-corrected chi connectivity index (χ4v) is 5.20. The molecule has 154 valence electrons. The van der Waals surface area contributed by atoms with E-state index in [9.17, 15) is 14.0 Å². The van der Waals surface area contributed by atoms with Crippen molar-refractivity contribution in [3.8, 4) is 0 Å². The van der Waals surface area contributed by atoms with E-state index in [1.807, 2.05) is 4.90 Å². The first-order chi connectivity index (χ1) is 13.0. The van der Waals surface area contributed by atoms with Crippen LogP contribution in [0.3, 0.4) is 0 Å². The fraction of sp³-hybridized carbons (Fsp3) is 0.600. The van der Waals surface area contributed by atoms with Crippen molar-refractivity contribution in [2.45, 2.75) is 25.7 Å². The summed E-state index contributed by atoms with van der Waals surface area (Å²) in [7, 11) is 0. The molecular formula is C20H26Cl2FN3O2. The summed E-state index contributed by atoms with van der Waals surface area (Å²) in [5.41, 5.74) is -0.343. The normalized spacial score (nSPS) is 27.1. The zero-order valence-corrected chi connectivity index (χ0v) is 17.3. The van der Waals surface area contributed by atoms with Crippen molar-refractivity contribution < 1.29 is 14.0 Å². The Hall–Kier alpha value is -1.37. The average molecular weight is 430 g/mol. The van der Waals surface area contributed by atoms with Crippen LogP contribution in [0.2, 0.25) is 5.02 Å². The molecule has 0 bridgehead atoms. The molecule has 8 heteroatoms. The maximum absolute atomic E-state index is 14.0. The van der Waals surface area contributed by atoms with Crippen molar-refractivity contribution in [2.24, 2.45) is 11.3 Å². The Morgan fingerprint density at radius 1 is 1.14 bits per heavy atom. The van der Waals surface area contributed by atoms with Gasteiger partial charge in [-0.15, -0.1) is 12.4 Å². The Balaban J connectivity index is 0.00000225. The third-order valence-corrected chi connectivity index (χ3v) is 6.81. The minimum atomic E-state index is -0.605. The first-order valence-corrected chi connectivity index (χ1v) is 10.1. The van der Waals surface area contributed by atoms with Gasteiger partial charge in [-0.1, -0.05) is 30.5 Å². The summed E-state index contributed by atoms with van der Waals surface area (Å²) < 4.78 is 14.0. The second-order valence-corrected chi connectivity index (χ2v) is 8.32. The minimum Gasteiger partial charge on any atom is -0.339 e. The zero-order valence-electron chi connectivity index (χ0n) is 15.8. The molecule has 1 aromatic rings. The molecule has 0 aromatic heterocycles. The number of hydrogen-bond donors (Lipinski definition) is 1. The van der Waals surface area contributed by atoms with Crippen LogP contribution < -0.4 is 5.32 Å². The van der Waals surface area contributed by atoms with Crippen molar-refractivity contribution in [1.29, 1.82) is 0 Å². The lowest BCUT2D eigenvalue weighted by Gasteiger charge is -2.43. The Labute approximate surface area is 176 Å². The van der Waals surface area contributed by atoms with Gasteiger partial charge in [-0.25, -0.2) is 4.39 Å². The summed E-state index contributed by atoms with van der Waals surface area (Å²) in [6.45, 7) is 3.49. The molecule has 3 aliphatic rings. The Morgan fingerprint density at radius 2 is 1.86 bits per heavy atom. The second kappa shape index (κ2) is 8.56. The lowest BCUT2D eigenvalue weighted by molar-refractivity contribution is -0.146. The van der Waals surface area contributed by atoms with E-state index >= 15 is 0 Å². The summed E-state index contributed by atoms with van der Waals surface area (Å²) >= 11 is 6.03. The molecule has 2 atom stereocenters. The topological polar surface area (TPSA) is 52.7 Å². The molecule has 0 unspecified atom stereocenters. The molecule has 2 saturated heterocycles. The molecule has 0 spiro atoms. The molecule has 4 rings (SSSR count). The average Bonchev–Trinajstić information content (AvgIpc) is 3.12. The van der Waals surface area contributed by atoms with Crippen molar-refractivity contribution in [3.05, 3.63) is 34.6 Å². The molecular weight excluding hydrogens is 404 g/mol. The van der Waals surface area contributed by atoms with Crippen LogP contribution in [0.25, 0.3) is 0 Å². The number of fused-ring (bicyclic) bond motifs is 1. The number of nitrogens with one attached hydrogen (secondary N) is 1. The summed E-state index contributed by atoms with van der Waals surface area (Å²) in [5.74, 6) is -0.350. The van der Waals surface area contributed by atoms with E-state index < -0.39 is 11.7 Å². The quantitative estimate of drug-likeness (QED) is 0.785. The predicted octanol–water partition coefficient (Wildman–Crippen LogP) is 2.97. The number of halogens is 3. The van der Waals surface area contributed by atoms with Crippen LogP contribution in [0.4, 0.5) is 4.39 Å². The lowest BCUT2D eigenvalue weighted by Crippen LogP contribution is -2.56. The third kappa shape index (κ3) is 3.62. The van der Waals surface area contributed by atoms with Crippen LogP contribution in [0.1, 0.15) is 36.0 Å². The van der Waals surface area contributed by atoms with Crippen LogP contribution in [-0.4, -0.2) is 60.9 Å². The monoisotopic (exact) mass is 429 g/mol. The number of hydrogen-bond acceptors (Lipinski definition) is 3. The number of amides is 2. The van der Waals surface area contributed by atoms with Crippen molar-refractivity contribution in [1.82, 2.24) is 15.1 Å². The lowest BCUT2D eigenvalue weighted by atomic mass is 9.67. The van der Waals surface area contributed by atoms with Crippen LogP contribution in [0.5, 0.6) is 0 Å². The van der Waals surface area contributed by atoms with Gasteiger partial charge in [0.2, 0.25) is 5.91 Å². The van der Waals surface area contributed by atoms with Gasteiger partial charge in [-0.05, 0) is 37.4 Å². The van der Waals surface area contributed by atoms with E-state index in [2.05, 4.69) is 5.32 Å². The van der Waals surface area contributed by atoms with Crippen molar-refractivity contribution >= 4 is 35.8 Å². The van der Waals surface area contributed by atoms with Crippen LogP contribution >= 0.6 is 24.0 Å². The van der Waals surface area contributed by atoms with E-state index in [4.69, 9.17) is 11.6 Å². The fourth-order valence-electron chi connectivity index (χ4n) is 4.96. The highest BCUT2D eigenvalue weighted by molar-refractivity contribution is 6.33. The van der Waals surface area contributed by atoms with Gasteiger partial charge in [0.25, 0.3) is 5.91 Å². The summed E-state index contributed by atoms with van der Waals surface area (Å²) in [4.78, 5) is 29.5. The molecule has 3 fully saturated rings. The number of carbonyl (C=O) groups is 2. The zero-order chi connectivity index (χ0) is 19.0. The van der Waals surface area contributed by atoms with Gasteiger partial charge in [-0.2, -0.15) is 0 Å². The van der Waals surface area contributed by atoms with Crippen LogP contribution in [0, 0.1) is 17.2 Å². The smallest absolute Gasteiger partial charge is 0.258 e. The van der Waals surface area contributed by atoms with Gasteiger partial charge in [0.15, 0.2) is 0 Å². The van der Waals surface area contributed by atoms with Crippen LogP contribution in [0.15, 0.2) is 18.2 Å². The number of rotatable bonds is 2. The van der Waals surface area contributed by atoms with Gasteiger partial charge < -0.3 is 15.1 Å². The van der Waals surface area contributed by atoms with E-state index in [0.717, 1.165) is 32.4 Å². The maximum Gasteiger partial charge on any atom is 0.258 e. The largest absolute Gasteiger partial charge is 0.339 e.